The highest BCUT2D eigenvalue weighted by Crippen LogP contribution is 2.27. The lowest BCUT2D eigenvalue weighted by Gasteiger charge is -2.31. The van der Waals surface area contributed by atoms with Gasteiger partial charge in [-0.3, -0.25) is 4.79 Å². The van der Waals surface area contributed by atoms with Crippen LogP contribution in [0.2, 0.25) is 0 Å². The summed E-state index contributed by atoms with van der Waals surface area (Å²) in [5.41, 5.74) is 2.17. The first-order chi connectivity index (χ1) is 14.2. The summed E-state index contributed by atoms with van der Waals surface area (Å²) in [5, 5.41) is 3.91. The maximum atomic E-state index is 12.3. The van der Waals surface area contributed by atoms with Crippen molar-refractivity contribution in [3.8, 4) is 11.5 Å². The Morgan fingerprint density at radius 3 is 2.48 bits per heavy atom. The molecule has 0 atom stereocenters. The molecule has 1 fully saturated rings. The van der Waals surface area contributed by atoms with Crippen LogP contribution in [0, 0.1) is 5.92 Å². The molecule has 0 saturated carbocycles. The van der Waals surface area contributed by atoms with E-state index in [-0.39, 0.29) is 12.5 Å². The molecule has 6 nitrogen and oxygen atoms in total. The van der Waals surface area contributed by atoms with Crippen LogP contribution in [0.1, 0.15) is 24.0 Å². The predicted molar refractivity (Wildman–Crippen MR) is 113 cm³/mol. The first-order valence-corrected chi connectivity index (χ1v) is 9.88. The number of piperidine rings is 1. The van der Waals surface area contributed by atoms with Crippen LogP contribution in [0.3, 0.4) is 0 Å². The van der Waals surface area contributed by atoms with Crippen molar-refractivity contribution in [2.24, 2.45) is 11.1 Å². The molecule has 0 spiro atoms. The van der Waals surface area contributed by atoms with Gasteiger partial charge < -0.3 is 19.2 Å². The molecule has 29 heavy (non-hydrogen) atoms. The second-order valence-electron chi connectivity index (χ2n) is 7.14. The highest BCUT2D eigenvalue weighted by atomic mass is 16.6. The summed E-state index contributed by atoms with van der Waals surface area (Å²) >= 11 is 0. The van der Waals surface area contributed by atoms with Crippen molar-refractivity contribution < 1.29 is 19.1 Å². The van der Waals surface area contributed by atoms with E-state index in [9.17, 15) is 4.79 Å². The van der Waals surface area contributed by atoms with Gasteiger partial charge in [0.15, 0.2) is 18.1 Å². The monoisotopic (exact) mass is 396 g/mol. The largest absolute Gasteiger partial charge is 0.493 e. The number of nitrogens with zero attached hydrogens (tertiary/aromatic N) is 2. The third kappa shape index (κ3) is 5.98. The normalized spacial score (nSPS) is 14.8. The minimum atomic E-state index is -0.0485. The van der Waals surface area contributed by atoms with Gasteiger partial charge in [-0.2, -0.15) is 0 Å². The Balaban J connectivity index is 1.40. The molecule has 0 unspecified atom stereocenters. The second kappa shape index (κ2) is 10.5. The van der Waals surface area contributed by atoms with Crippen molar-refractivity contribution in [1.29, 1.82) is 0 Å². The fraction of sp³-hybridized carbons (Fsp3) is 0.391. The van der Waals surface area contributed by atoms with E-state index in [1.54, 1.807) is 32.6 Å². The van der Waals surface area contributed by atoms with Gasteiger partial charge in [0.2, 0.25) is 0 Å². The molecule has 0 aliphatic carbocycles. The van der Waals surface area contributed by atoms with Crippen LogP contribution in [-0.4, -0.2) is 50.9 Å². The number of benzene rings is 2. The number of methoxy groups -OCH3 is 2. The van der Waals surface area contributed by atoms with Crippen LogP contribution in [-0.2, 0) is 16.1 Å². The van der Waals surface area contributed by atoms with Crippen LogP contribution in [0.15, 0.2) is 53.7 Å². The van der Waals surface area contributed by atoms with E-state index < -0.39 is 0 Å². The Morgan fingerprint density at radius 2 is 1.79 bits per heavy atom. The maximum absolute atomic E-state index is 12.3. The number of rotatable bonds is 8. The first-order valence-electron chi connectivity index (χ1n) is 9.88. The van der Waals surface area contributed by atoms with Crippen molar-refractivity contribution in [3.63, 3.8) is 0 Å². The topological polar surface area (TPSA) is 60.4 Å². The lowest BCUT2D eigenvalue weighted by atomic mass is 9.90. The van der Waals surface area contributed by atoms with E-state index in [0.29, 0.717) is 17.4 Å². The molecule has 2 aromatic rings. The van der Waals surface area contributed by atoms with Gasteiger partial charge in [0.25, 0.3) is 5.91 Å². The van der Waals surface area contributed by atoms with E-state index >= 15 is 0 Å². The van der Waals surface area contributed by atoms with Gasteiger partial charge in [-0.25, -0.2) is 0 Å². The fourth-order valence-corrected chi connectivity index (χ4v) is 3.55. The van der Waals surface area contributed by atoms with Crippen LogP contribution in [0.25, 0.3) is 0 Å². The van der Waals surface area contributed by atoms with Gasteiger partial charge >= 0.3 is 0 Å². The first kappa shape index (κ1) is 20.7. The minimum Gasteiger partial charge on any atom is -0.493 e. The zero-order chi connectivity index (χ0) is 20.5. The summed E-state index contributed by atoms with van der Waals surface area (Å²) in [7, 11) is 3.17. The number of amides is 1. The summed E-state index contributed by atoms with van der Waals surface area (Å²) in [6, 6.07) is 16.0. The highest BCUT2D eigenvalue weighted by molar-refractivity contribution is 5.81. The minimum absolute atomic E-state index is 0.0207. The molecule has 0 radical (unpaired) electrons. The molecule has 154 valence electrons. The number of hydrogen-bond donors (Lipinski definition) is 0. The lowest BCUT2D eigenvalue weighted by Crippen LogP contribution is -2.40. The third-order valence-corrected chi connectivity index (χ3v) is 5.21. The molecule has 1 saturated heterocycles. The van der Waals surface area contributed by atoms with Crippen molar-refractivity contribution in [1.82, 2.24) is 4.90 Å². The molecule has 3 rings (SSSR count). The number of carbonyl (C=O) groups excluding carboxylic acids is 1. The Morgan fingerprint density at radius 1 is 1.07 bits per heavy atom. The molecule has 0 aromatic heterocycles. The van der Waals surface area contributed by atoms with E-state index in [0.717, 1.165) is 37.9 Å². The maximum Gasteiger partial charge on any atom is 0.263 e. The SMILES string of the molecule is COc1ccc(/C=N\OCC(=O)N2CCC(Cc3ccccc3)CC2)cc1OC. The number of oxime groups is 1. The molecule has 1 aliphatic heterocycles. The molecule has 1 heterocycles. The molecular weight excluding hydrogens is 368 g/mol. The summed E-state index contributed by atoms with van der Waals surface area (Å²) in [4.78, 5) is 19.4. The van der Waals surface area contributed by atoms with Gasteiger partial charge in [0, 0.05) is 18.7 Å². The Kier molecular flexibility index (Phi) is 7.50. The Bertz CT molecular complexity index is 815. The molecule has 2 aromatic carbocycles. The van der Waals surface area contributed by atoms with E-state index in [4.69, 9.17) is 14.3 Å². The van der Waals surface area contributed by atoms with Crippen molar-refractivity contribution in [2.75, 3.05) is 33.9 Å². The van der Waals surface area contributed by atoms with Gasteiger partial charge in [-0.15, -0.1) is 0 Å². The molecular formula is C23H28N2O4. The number of likely N-dealkylation sites (tertiary alicyclic amines) is 1. The van der Waals surface area contributed by atoms with Crippen LogP contribution in [0.4, 0.5) is 0 Å². The van der Waals surface area contributed by atoms with Crippen LogP contribution < -0.4 is 9.47 Å². The summed E-state index contributed by atoms with van der Waals surface area (Å²) in [6.07, 6.45) is 4.68. The van der Waals surface area contributed by atoms with Crippen molar-refractivity contribution in [3.05, 3.63) is 59.7 Å². The van der Waals surface area contributed by atoms with E-state index in [2.05, 4.69) is 29.4 Å². The van der Waals surface area contributed by atoms with E-state index in [1.165, 1.54) is 5.56 Å². The number of ether oxygens (including phenoxy) is 2. The fourth-order valence-electron chi connectivity index (χ4n) is 3.55. The van der Waals surface area contributed by atoms with Gasteiger partial charge in [-0.1, -0.05) is 35.5 Å². The zero-order valence-corrected chi connectivity index (χ0v) is 17.0. The number of carbonyl (C=O) groups is 1. The average Bonchev–Trinajstić information content (AvgIpc) is 2.77. The average molecular weight is 396 g/mol. The van der Waals surface area contributed by atoms with Crippen molar-refractivity contribution in [2.45, 2.75) is 19.3 Å². The Hall–Kier alpha value is -3.02. The highest BCUT2D eigenvalue weighted by Gasteiger charge is 2.23. The smallest absolute Gasteiger partial charge is 0.263 e. The predicted octanol–water partition coefficient (Wildman–Crippen LogP) is 3.54. The molecule has 0 bridgehead atoms. The molecule has 0 N–H and O–H groups in total. The summed E-state index contributed by atoms with van der Waals surface area (Å²) in [6.45, 7) is 1.51. The van der Waals surface area contributed by atoms with Crippen LogP contribution in [0.5, 0.6) is 11.5 Å². The summed E-state index contributed by atoms with van der Waals surface area (Å²) in [5.74, 6) is 1.88. The zero-order valence-electron chi connectivity index (χ0n) is 17.0. The lowest BCUT2D eigenvalue weighted by molar-refractivity contribution is -0.137. The Labute approximate surface area is 172 Å². The second-order valence-corrected chi connectivity index (χ2v) is 7.14. The molecule has 1 aliphatic rings. The van der Waals surface area contributed by atoms with Crippen LogP contribution >= 0.6 is 0 Å². The number of hydrogen-bond acceptors (Lipinski definition) is 5. The standard InChI is InChI=1S/C23H28N2O4/c1-27-21-9-8-20(15-22(21)28-2)16-24-29-17-23(26)25-12-10-19(11-13-25)14-18-6-4-3-5-7-18/h3-9,15-16,19H,10-14,17H2,1-2H3/b24-16-. The van der Waals surface area contributed by atoms with Gasteiger partial charge in [0.1, 0.15) is 0 Å². The molecule has 1 amide bonds. The third-order valence-electron chi connectivity index (χ3n) is 5.21. The summed E-state index contributed by atoms with van der Waals surface area (Å²) < 4.78 is 10.5. The quantitative estimate of drug-likeness (QED) is 0.506. The molecule has 6 heteroatoms. The van der Waals surface area contributed by atoms with Gasteiger partial charge in [-0.05, 0) is 48.9 Å². The van der Waals surface area contributed by atoms with Crippen molar-refractivity contribution >= 4 is 12.1 Å². The van der Waals surface area contributed by atoms with Gasteiger partial charge in [0.05, 0.1) is 20.4 Å². The van der Waals surface area contributed by atoms with E-state index in [1.807, 2.05) is 17.0 Å².